The first kappa shape index (κ1) is 19.3. The Hall–Kier alpha value is -1.67. The standard InChI is InChI=1S/C21H21ClN2O3S2/c22-16-5-2-13(3-6-16)12-24-19-8-7-17(11-20(19)28-21(24)25)29(26,27)23-18-10-14-1-4-15(18)9-14/h2-3,5-8,11,14-15,18,23H,1,4,9-10,12H2/t14-,15-,18+/m0/s1. The van der Waals surface area contributed by atoms with E-state index in [1.165, 1.54) is 6.42 Å². The van der Waals surface area contributed by atoms with Gasteiger partial charge in [0.25, 0.3) is 0 Å². The van der Waals surface area contributed by atoms with Crippen molar-refractivity contribution in [3.05, 3.63) is 62.7 Å². The minimum atomic E-state index is -3.59. The average molecular weight is 449 g/mol. The fraction of sp³-hybridized carbons (Fsp3) is 0.381. The molecule has 29 heavy (non-hydrogen) atoms. The van der Waals surface area contributed by atoms with E-state index < -0.39 is 10.0 Å². The smallest absolute Gasteiger partial charge is 0.294 e. The molecule has 0 spiro atoms. The fourth-order valence-electron chi connectivity index (χ4n) is 4.79. The zero-order chi connectivity index (χ0) is 20.2. The quantitative estimate of drug-likeness (QED) is 0.635. The zero-order valence-electron chi connectivity index (χ0n) is 15.7. The van der Waals surface area contributed by atoms with Crippen LogP contribution in [0.1, 0.15) is 31.2 Å². The molecule has 5 nitrogen and oxygen atoms in total. The van der Waals surface area contributed by atoms with Gasteiger partial charge < -0.3 is 0 Å². The first-order chi connectivity index (χ1) is 13.9. The predicted octanol–water partition coefficient (Wildman–Crippen LogP) is 4.23. The van der Waals surface area contributed by atoms with Gasteiger partial charge >= 0.3 is 4.87 Å². The van der Waals surface area contributed by atoms with E-state index in [0.29, 0.717) is 28.1 Å². The molecule has 1 N–H and O–H groups in total. The van der Waals surface area contributed by atoms with E-state index in [-0.39, 0.29) is 15.8 Å². The summed E-state index contributed by atoms with van der Waals surface area (Å²) in [5.41, 5.74) is 1.71. The number of halogens is 1. The summed E-state index contributed by atoms with van der Waals surface area (Å²) in [6.45, 7) is 0.422. The number of rotatable bonds is 5. The summed E-state index contributed by atoms with van der Waals surface area (Å²) in [4.78, 5) is 12.6. The van der Waals surface area contributed by atoms with Crippen LogP contribution in [0.4, 0.5) is 0 Å². The third-order valence-corrected chi connectivity index (χ3v) is 8.93. The predicted molar refractivity (Wildman–Crippen MR) is 116 cm³/mol. The maximum Gasteiger partial charge on any atom is 0.308 e. The fourth-order valence-corrected chi connectivity index (χ4v) is 7.27. The summed E-state index contributed by atoms with van der Waals surface area (Å²) in [5.74, 6) is 1.14. The number of thiazole rings is 1. The van der Waals surface area contributed by atoms with Crippen molar-refractivity contribution < 1.29 is 8.42 Å². The molecule has 0 unspecified atom stereocenters. The van der Waals surface area contributed by atoms with Crippen LogP contribution in [0, 0.1) is 11.8 Å². The molecule has 3 atom stereocenters. The van der Waals surface area contributed by atoms with Crippen LogP contribution in [0.2, 0.25) is 5.02 Å². The van der Waals surface area contributed by atoms with E-state index in [9.17, 15) is 13.2 Å². The Kier molecular flexibility index (Phi) is 4.81. The van der Waals surface area contributed by atoms with Crippen molar-refractivity contribution in [2.75, 3.05) is 0 Å². The molecule has 2 aromatic carbocycles. The molecular weight excluding hydrogens is 428 g/mol. The van der Waals surface area contributed by atoms with Crippen molar-refractivity contribution >= 4 is 43.2 Å². The number of sulfonamides is 1. The van der Waals surface area contributed by atoms with Crippen LogP contribution in [0.3, 0.4) is 0 Å². The van der Waals surface area contributed by atoms with Crippen LogP contribution in [0.15, 0.2) is 52.2 Å². The summed E-state index contributed by atoms with van der Waals surface area (Å²) >= 11 is 7.01. The number of hydrogen-bond acceptors (Lipinski definition) is 4. The molecule has 0 saturated heterocycles. The number of hydrogen-bond donors (Lipinski definition) is 1. The molecule has 1 aromatic heterocycles. The van der Waals surface area contributed by atoms with Crippen molar-refractivity contribution in [1.82, 2.24) is 9.29 Å². The Bertz CT molecular complexity index is 1230. The normalized spacial score (nSPS) is 23.8. The summed E-state index contributed by atoms with van der Waals surface area (Å²) in [6, 6.07) is 12.4. The molecule has 1 heterocycles. The molecule has 2 fully saturated rings. The lowest BCUT2D eigenvalue weighted by molar-refractivity contribution is 0.390. The zero-order valence-corrected chi connectivity index (χ0v) is 18.1. The van der Waals surface area contributed by atoms with Crippen LogP contribution in [-0.4, -0.2) is 19.0 Å². The van der Waals surface area contributed by atoms with Gasteiger partial charge in [-0.3, -0.25) is 9.36 Å². The van der Waals surface area contributed by atoms with Gasteiger partial charge in [-0.1, -0.05) is 41.5 Å². The van der Waals surface area contributed by atoms with Crippen molar-refractivity contribution in [3.8, 4) is 0 Å². The highest BCUT2D eigenvalue weighted by atomic mass is 35.5. The molecule has 0 radical (unpaired) electrons. The van der Waals surface area contributed by atoms with Gasteiger partial charge in [-0.2, -0.15) is 0 Å². The van der Waals surface area contributed by atoms with Crippen molar-refractivity contribution in [1.29, 1.82) is 0 Å². The van der Waals surface area contributed by atoms with Crippen LogP contribution in [-0.2, 0) is 16.6 Å². The Balaban J connectivity index is 1.43. The third-order valence-electron chi connectivity index (χ3n) is 6.25. The average Bonchev–Trinajstić information content (AvgIpc) is 3.37. The van der Waals surface area contributed by atoms with Gasteiger partial charge in [0, 0.05) is 11.1 Å². The topological polar surface area (TPSA) is 68.2 Å². The van der Waals surface area contributed by atoms with Crippen molar-refractivity contribution in [2.24, 2.45) is 11.8 Å². The second kappa shape index (κ2) is 7.23. The number of aromatic nitrogens is 1. The first-order valence-electron chi connectivity index (χ1n) is 9.79. The summed E-state index contributed by atoms with van der Waals surface area (Å²) in [6.07, 6.45) is 4.42. The number of nitrogens with zero attached hydrogens (tertiary/aromatic N) is 1. The minimum Gasteiger partial charge on any atom is -0.294 e. The Labute approximate surface area is 178 Å². The summed E-state index contributed by atoms with van der Waals surface area (Å²) in [5, 5.41) is 0.647. The summed E-state index contributed by atoms with van der Waals surface area (Å²) in [7, 11) is -3.59. The third kappa shape index (κ3) is 3.65. The highest BCUT2D eigenvalue weighted by molar-refractivity contribution is 7.89. The minimum absolute atomic E-state index is 0.0442. The van der Waals surface area contributed by atoms with Gasteiger partial charge in [-0.25, -0.2) is 13.1 Å². The van der Waals surface area contributed by atoms with E-state index in [1.807, 2.05) is 12.1 Å². The van der Waals surface area contributed by atoms with Crippen molar-refractivity contribution in [2.45, 2.75) is 43.2 Å². The van der Waals surface area contributed by atoms with Crippen LogP contribution >= 0.6 is 22.9 Å². The van der Waals surface area contributed by atoms with Gasteiger partial charge in [0.15, 0.2) is 0 Å². The number of nitrogens with one attached hydrogen (secondary N) is 1. The number of fused-ring (bicyclic) bond motifs is 3. The molecule has 3 aromatic rings. The van der Waals surface area contributed by atoms with Crippen molar-refractivity contribution in [3.63, 3.8) is 0 Å². The Morgan fingerprint density at radius 1 is 1.10 bits per heavy atom. The van der Waals surface area contributed by atoms with E-state index in [4.69, 9.17) is 11.6 Å². The molecule has 0 amide bonds. The molecular formula is C21H21ClN2O3S2. The molecule has 2 aliphatic carbocycles. The van der Waals surface area contributed by atoms with Crippen LogP contribution < -0.4 is 9.60 Å². The second-order valence-corrected chi connectivity index (χ2v) is 11.3. The van der Waals surface area contributed by atoms with Gasteiger partial charge in [-0.05, 0) is 67.0 Å². The highest BCUT2D eigenvalue weighted by Crippen LogP contribution is 2.44. The second-order valence-electron chi connectivity index (χ2n) is 8.11. The number of benzene rings is 2. The molecule has 152 valence electrons. The van der Waals surface area contributed by atoms with E-state index in [2.05, 4.69) is 4.72 Å². The lowest BCUT2D eigenvalue weighted by Crippen LogP contribution is -2.38. The lowest BCUT2D eigenvalue weighted by Gasteiger charge is -2.22. The molecule has 5 rings (SSSR count). The van der Waals surface area contributed by atoms with Gasteiger partial charge in [-0.15, -0.1) is 0 Å². The summed E-state index contributed by atoms with van der Waals surface area (Å²) < 4.78 is 31.1. The Morgan fingerprint density at radius 2 is 1.90 bits per heavy atom. The van der Waals surface area contributed by atoms with E-state index in [1.54, 1.807) is 34.9 Å². The molecule has 0 aliphatic heterocycles. The van der Waals surface area contributed by atoms with Crippen LogP contribution in [0.5, 0.6) is 0 Å². The lowest BCUT2D eigenvalue weighted by atomic mass is 9.96. The SMILES string of the molecule is O=c1sc2cc(S(=O)(=O)N[C@@H]3C[C@H]4CC[C@H]3C4)ccc2n1Cc1ccc(Cl)cc1. The van der Waals surface area contributed by atoms with Gasteiger partial charge in [0.1, 0.15) is 0 Å². The maximum absolute atomic E-state index is 12.9. The molecule has 2 aliphatic rings. The highest BCUT2D eigenvalue weighted by Gasteiger charge is 2.41. The Morgan fingerprint density at radius 3 is 2.59 bits per heavy atom. The van der Waals surface area contributed by atoms with Gasteiger partial charge in [0.2, 0.25) is 10.0 Å². The monoisotopic (exact) mass is 448 g/mol. The molecule has 8 heteroatoms. The molecule has 2 saturated carbocycles. The first-order valence-corrected chi connectivity index (χ1v) is 12.5. The molecule has 2 bridgehead atoms. The van der Waals surface area contributed by atoms with E-state index in [0.717, 1.165) is 41.7 Å². The maximum atomic E-state index is 12.9. The van der Waals surface area contributed by atoms with E-state index >= 15 is 0 Å². The van der Waals surface area contributed by atoms with Gasteiger partial charge in [0.05, 0.1) is 21.7 Å². The van der Waals surface area contributed by atoms with Crippen LogP contribution in [0.25, 0.3) is 10.2 Å². The largest absolute Gasteiger partial charge is 0.308 e.